The van der Waals surface area contributed by atoms with Gasteiger partial charge in [0.05, 0.1) is 11.9 Å². The van der Waals surface area contributed by atoms with Gasteiger partial charge in [-0.3, -0.25) is 4.79 Å². The number of nitrogens with one attached hydrogen (secondary N) is 2. The van der Waals surface area contributed by atoms with Gasteiger partial charge in [-0.1, -0.05) is 19.8 Å². The van der Waals surface area contributed by atoms with E-state index < -0.39 is 0 Å². The van der Waals surface area contributed by atoms with Gasteiger partial charge in [0.1, 0.15) is 5.69 Å². The highest BCUT2D eigenvalue weighted by molar-refractivity contribution is 5.92. The highest BCUT2D eigenvalue weighted by Crippen LogP contribution is 2.27. The van der Waals surface area contributed by atoms with Gasteiger partial charge < -0.3 is 10.6 Å². The fourth-order valence-electron chi connectivity index (χ4n) is 2.54. The van der Waals surface area contributed by atoms with Crippen LogP contribution < -0.4 is 10.6 Å². The van der Waals surface area contributed by atoms with Gasteiger partial charge >= 0.3 is 0 Å². The van der Waals surface area contributed by atoms with Crippen LogP contribution in [0.5, 0.6) is 0 Å². The summed E-state index contributed by atoms with van der Waals surface area (Å²) in [5.74, 6) is 1.42. The summed E-state index contributed by atoms with van der Waals surface area (Å²) in [6.45, 7) is 3.09. The van der Waals surface area contributed by atoms with E-state index in [-0.39, 0.29) is 5.91 Å². The molecule has 0 unspecified atom stereocenters. The average molecular weight is 261 g/mol. The van der Waals surface area contributed by atoms with Gasteiger partial charge in [0.2, 0.25) is 0 Å². The fraction of sp³-hybridized carbons (Fsp3) is 0.600. The first-order valence-electron chi connectivity index (χ1n) is 7.11. The Hall–Kier alpha value is -1.58. The van der Waals surface area contributed by atoms with Crippen LogP contribution in [0.15, 0.2) is 18.3 Å². The molecule has 1 amide bonds. The quantitative estimate of drug-likeness (QED) is 0.876. The Labute approximate surface area is 115 Å². The molecule has 1 saturated carbocycles. The number of carbonyl (C=O) groups excluding carboxylic acids is 1. The van der Waals surface area contributed by atoms with E-state index in [2.05, 4.69) is 22.5 Å². The number of aromatic nitrogens is 1. The first-order chi connectivity index (χ1) is 9.19. The molecule has 0 bridgehead atoms. The molecule has 0 aliphatic heterocycles. The van der Waals surface area contributed by atoms with E-state index in [1.54, 1.807) is 12.3 Å². The minimum atomic E-state index is -0.0683. The standard InChI is InChI=1S/C15H23N3O/c1-11-3-5-12(6-4-11)9-18-15(19)14-8-7-13(16-2)10-17-14/h7-8,10-12,16H,3-6,9H2,1-2H3,(H,18,19). The van der Waals surface area contributed by atoms with Gasteiger partial charge in [-0.05, 0) is 36.8 Å². The van der Waals surface area contributed by atoms with Crippen molar-refractivity contribution in [2.24, 2.45) is 11.8 Å². The third-order valence-electron chi connectivity index (χ3n) is 3.97. The number of rotatable bonds is 4. The van der Waals surface area contributed by atoms with Crippen LogP contribution in [0.3, 0.4) is 0 Å². The van der Waals surface area contributed by atoms with Crippen LogP contribution in [0.2, 0.25) is 0 Å². The lowest BCUT2D eigenvalue weighted by Gasteiger charge is -2.26. The molecule has 2 N–H and O–H groups in total. The molecule has 1 aliphatic rings. The Morgan fingerprint density at radius 1 is 1.32 bits per heavy atom. The van der Waals surface area contributed by atoms with Crippen LogP contribution in [0.4, 0.5) is 5.69 Å². The Morgan fingerprint density at radius 3 is 2.63 bits per heavy atom. The third-order valence-corrected chi connectivity index (χ3v) is 3.97. The number of nitrogens with zero attached hydrogens (tertiary/aromatic N) is 1. The van der Waals surface area contributed by atoms with Gasteiger partial charge in [-0.15, -0.1) is 0 Å². The molecule has 1 heterocycles. The lowest BCUT2D eigenvalue weighted by molar-refractivity contribution is 0.0937. The molecule has 0 aromatic carbocycles. The Bertz CT molecular complexity index is 408. The van der Waals surface area contributed by atoms with E-state index in [4.69, 9.17) is 0 Å². The molecule has 0 saturated heterocycles. The van der Waals surface area contributed by atoms with Gasteiger partial charge in [0.15, 0.2) is 0 Å². The predicted octanol–water partition coefficient (Wildman–Crippen LogP) is 2.68. The molecule has 104 valence electrons. The van der Waals surface area contributed by atoms with E-state index in [0.717, 1.165) is 18.2 Å². The SMILES string of the molecule is CNc1ccc(C(=O)NCC2CCC(C)CC2)nc1. The number of hydrogen-bond donors (Lipinski definition) is 2. The summed E-state index contributed by atoms with van der Waals surface area (Å²) in [4.78, 5) is 16.1. The Balaban J connectivity index is 1.80. The Kier molecular flexibility index (Phi) is 4.77. The first kappa shape index (κ1) is 13.8. The predicted molar refractivity (Wildman–Crippen MR) is 77.2 cm³/mol. The largest absolute Gasteiger partial charge is 0.387 e. The van der Waals surface area contributed by atoms with Crippen molar-refractivity contribution < 1.29 is 4.79 Å². The second kappa shape index (κ2) is 6.55. The highest BCUT2D eigenvalue weighted by Gasteiger charge is 2.19. The van der Waals surface area contributed by atoms with Crippen LogP contribution >= 0.6 is 0 Å². The van der Waals surface area contributed by atoms with Crippen molar-refractivity contribution in [3.8, 4) is 0 Å². The summed E-state index contributed by atoms with van der Waals surface area (Å²) in [5.41, 5.74) is 1.40. The molecule has 0 spiro atoms. The summed E-state index contributed by atoms with van der Waals surface area (Å²) in [7, 11) is 1.83. The zero-order valence-electron chi connectivity index (χ0n) is 11.8. The number of amides is 1. The van der Waals surface area contributed by atoms with Crippen molar-refractivity contribution in [1.82, 2.24) is 10.3 Å². The maximum absolute atomic E-state index is 12.0. The minimum Gasteiger partial charge on any atom is -0.387 e. The molecule has 2 rings (SSSR count). The normalized spacial score (nSPS) is 22.8. The molecule has 1 aromatic heterocycles. The lowest BCUT2D eigenvalue weighted by atomic mass is 9.83. The lowest BCUT2D eigenvalue weighted by Crippen LogP contribution is -2.31. The molecule has 0 atom stereocenters. The van der Waals surface area contributed by atoms with Crippen molar-refractivity contribution >= 4 is 11.6 Å². The molecule has 4 heteroatoms. The summed E-state index contributed by atoms with van der Waals surface area (Å²) in [6, 6.07) is 3.62. The van der Waals surface area contributed by atoms with Crippen LogP contribution in [-0.4, -0.2) is 24.5 Å². The molecule has 1 aromatic rings. The molecular formula is C15H23N3O. The Morgan fingerprint density at radius 2 is 2.05 bits per heavy atom. The van der Waals surface area contributed by atoms with E-state index in [0.29, 0.717) is 11.6 Å². The first-order valence-corrected chi connectivity index (χ1v) is 7.11. The third kappa shape index (κ3) is 3.94. The van der Waals surface area contributed by atoms with E-state index in [9.17, 15) is 4.79 Å². The summed E-state index contributed by atoms with van der Waals surface area (Å²) >= 11 is 0. The molecule has 0 radical (unpaired) electrons. The monoisotopic (exact) mass is 261 g/mol. The molecule has 4 nitrogen and oxygen atoms in total. The topological polar surface area (TPSA) is 54.0 Å². The fourth-order valence-corrected chi connectivity index (χ4v) is 2.54. The molecule has 1 aliphatic carbocycles. The smallest absolute Gasteiger partial charge is 0.269 e. The summed E-state index contributed by atoms with van der Waals surface area (Å²) < 4.78 is 0. The van der Waals surface area contributed by atoms with Gasteiger partial charge in [-0.25, -0.2) is 4.98 Å². The van der Waals surface area contributed by atoms with Gasteiger partial charge in [0.25, 0.3) is 5.91 Å². The number of anilines is 1. The highest BCUT2D eigenvalue weighted by atomic mass is 16.1. The van der Waals surface area contributed by atoms with Crippen LogP contribution in [0.1, 0.15) is 43.1 Å². The van der Waals surface area contributed by atoms with E-state index in [1.807, 2.05) is 13.1 Å². The second-order valence-corrected chi connectivity index (χ2v) is 5.52. The summed E-state index contributed by atoms with van der Waals surface area (Å²) in [5, 5.41) is 5.99. The molecule has 1 fully saturated rings. The van der Waals surface area contributed by atoms with Crippen LogP contribution in [0, 0.1) is 11.8 Å². The van der Waals surface area contributed by atoms with E-state index in [1.165, 1.54) is 25.7 Å². The molecular weight excluding hydrogens is 238 g/mol. The van der Waals surface area contributed by atoms with Gasteiger partial charge in [-0.2, -0.15) is 0 Å². The number of carbonyl (C=O) groups is 1. The number of hydrogen-bond acceptors (Lipinski definition) is 3. The maximum Gasteiger partial charge on any atom is 0.269 e. The van der Waals surface area contributed by atoms with Crippen molar-refractivity contribution in [3.63, 3.8) is 0 Å². The zero-order chi connectivity index (χ0) is 13.7. The van der Waals surface area contributed by atoms with Crippen molar-refractivity contribution in [2.45, 2.75) is 32.6 Å². The van der Waals surface area contributed by atoms with Crippen LogP contribution in [0.25, 0.3) is 0 Å². The van der Waals surface area contributed by atoms with Crippen LogP contribution in [-0.2, 0) is 0 Å². The zero-order valence-corrected chi connectivity index (χ0v) is 11.8. The number of pyridine rings is 1. The van der Waals surface area contributed by atoms with Gasteiger partial charge in [0, 0.05) is 13.6 Å². The molecule has 19 heavy (non-hydrogen) atoms. The van der Waals surface area contributed by atoms with Crippen molar-refractivity contribution in [2.75, 3.05) is 18.9 Å². The summed E-state index contributed by atoms with van der Waals surface area (Å²) in [6.07, 6.45) is 6.71. The average Bonchev–Trinajstić information content (AvgIpc) is 2.46. The minimum absolute atomic E-state index is 0.0683. The van der Waals surface area contributed by atoms with Crippen molar-refractivity contribution in [1.29, 1.82) is 0 Å². The van der Waals surface area contributed by atoms with E-state index >= 15 is 0 Å². The maximum atomic E-state index is 12.0. The second-order valence-electron chi connectivity index (χ2n) is 5.52. The van der Waals surface area contributed by atoms with Crippen molar-refractivity contribution in [3.05, 3.63) is 24.0 Å².